The summed E-state index contributed by atoms with van der Waals surface area (Å²) in [7, 11) is 0. The summed E-state index contributed by atoms with van der Waals surface area (Å²) in [5, 5.41) is 1.10. The van der Waals surface area contributed by atoms with Crippen molar-refractivity contribution in [3.63, 3.8) is 0 Å². The fourth-order valence-electron chi connectivity index (χ4n) is 1.99. The highest BCUT2D eigenvalue weighted by Crippen LogP contribution is 2.23. The number of rotatable bonds is 3. The molecular weight excluding hydrogens is 230 g/mol. The van der Waals surface area contributed by atoms with E-state index in [1.54, 1.807) is 0 Å². The van der Waals surface area contributed by atoms with E-state index in [1.165, 1.54) is 5.69 Å². The monoisotopic (exact) mass is 247 g/mol. The highest BCUT2D eigenvalue weighted by Gasteiger charge is 2.05. The molecule has 0 bridgehead atoms. The molecule has 0 aliphatic rings. The summed E-state index contributed by atoms with van der Waals surface area (Å²) in [4.78, 5) is 2.29. The largest absolute Gasteiger partial charge is 0.445 e. The molecule has 0 saturated heterocycles. The maximum atomic E-state index is 5.66. The fraction of sp³-hybridized carbons (Fsp3) is 0.357. The van der Waals surface area contributed by atoms with Crippen LogP contribution in [0, 0.1) is 11.6 Å². The first-order valence-corrected chi connectivity index (χ1v) is 6.36. The lowest BCUT2D eigenvalue weighted by atomic mass is 10.1. The topological polar surface area (TPSA) is 16.4 Å². The Morgan fingerprint density at radius 3 is 2.53 bits per heavy atom. The molecule has 0 saturated carbocycles. The molecule has 1 aromatic carbocycles. The van der Waals surface area contributed by atoms with Gasteiger partial charge in [0.2, 0.25) is 0 Å². The quantitative estimate of drug-likeness (QED) is 0.752. The van der Waals surface area contributed by atoms with Crippen molar-refractivity contribution >= 4 is 28.9 Å². The molecule has 90 valence electrons. The third kappa shape index (κ3) is 2.34. The first-order chi connectivity index (χ1) is 8.15. The van der Waals surface area contributed by atoms with E-state index >= 15 is 0 Å². The van der Waals surface area contributed by atoms with Crippen LogP contribution in [0.1, 0.15) is 19.4 Å². The number of benzene rings is 1. The highest BCUT2D eigenvalue weighted by molar-refractivity contribution is 7.71. The maximum Gasteiger partial charge on any atom is 0.193 e. The first-order valence-electron chi connectivity index (χ1n) is 5.95. The van der Waals surface area contributed by atoms with Gasteiger partial charge in [-0.2, -0.15) is 0 Å². The average molecular weight is 247 g/mol. The molecule has 2 nitrogen and oxygen atoms in total. The molecule has 0 N–H and O–H groups in total. The minimum absolute atomic E-state index is 0.578. The minimum Gasteiger partial charge on any atom is -0.445 e. The van der Waals surface area contributed by atoms with Gasteiger partial charge in [-0.05, 0) is 51.2 Å². The molecule has 0 unspecified atom stereocenters. The zero-order chi connectivity index (χ0) is 12.4. The van der Waals surface area contributed by atoms with Gasteiger partial charge in [0, 0.05) is 35.8 Å². The molecule has 1 heterocycles. The second kappa shape index (κ2) is 4.88. The summed E-state index contributed by atoms with van der Waals surface area (Å²) < 4.78 is 6.24. The molecule has 1 aromatic heterocycles. The molecule has 2 rings (SSSR count). The lowest BCUT2D eigenvalue weighted by molar-refractivity contribution is 0.581. The molecule has 2 aromatic rings. The summed E-state index contributed by atoms with van der Waals surface area (Å²) >= 11 is 5.17. The standard InChI is InChI=1S/C14H17NOS/c1-4-15(5-2)12-7-6-11-8-10(3)14(17)16-13(11)9-12/h6-9H,4-5H2,1-3H3. The predicted molar refractivity (Wildman–Crippen MR) is 75.3 cm³/mol. The van der Waals surface area contributed by atoms with Crippen molar-refractivity contribution in [1.29, 1.82) is 0 Å². The SMILES string of the molecule is CCN(CC)c1ccc2cc(C)c(=S)oc2c1. The van der Waals surface area contributed by atoms with Gasteiger partial charge in [0.25, 0.3) is 0 Å². The van der Waals surface area contributed by atoms with E-state index in [2.05, 4.69) is 43.0 Å². The van der Waals surface area contributed by atoms with E-state index in [-0.39, 0.29) is 0 Å². The van der Waals surface area contributed by atoms with Gasteiger partial charge in [0.15, 0.2) is 4.71 Å². The van der Waals surface area contributed by atoms with E-state index in [4.69, 9.17) is 16.6 Å². The Bertz CT molecular complexity index is 584. The van der Waals surface area contributed by atoms with Crippen LogP contribution in [0.3, 0.4) is 0 Å². The van der Waals surface area contributed by atoms with E-state index in [1.807, 2.05) is 6.92 Å². The molecule has 0 aliphatic carbocycles. The van der Waals surface area contributed by atoms with Crippen molar-refractivity contribution in [1.82, 2.24) is 0 Å². The van der Waals surface area contributed by atoms with E-state index in [0.717, 1.165) is 29.6 Å². The van der Waals surface area contributed by atoms with Gasteiger partial charge in [-0.3, -0.25) is 0 Å². The Morgan fingerprint density at radius 2 is 1.88 bits per heavy atom. The smallest absolute Gasteiger partial charge is 0.193 e. The van der Waals surface area contributed by atoms with Gasteiger partial charge in [-0.25, -0.2) is 0 Å². The molecule has 0 amide bonds. The summed E-state index contributed by atoms with van der Waals surface area (Å²) in [5.74, 6) is 0. The molecule has 3 heteroatoms. The number of aryl methyl sites for hydroxylation is 1. The average Bonchev–Trinajstić information content (AvgIpc) is 2.32. The van der Waals surface area contributed by atoms with Gasteiger partial charge >= 0.3 is 0 Å². The zero-order valence-electron chi connectivity index (χ0n) is 10.5. The van der Waals surface area contributed by atoms with Crippen LogP contribution in [0.15, 0.2) is 28.7 Å². The number of hydrogen-bond acceptors (Lipinski definition) is 3. The Labute approximate surface area is 107 Å². The van der Waals surface area contributed by atoms with Crippen LogP contribution in [-0.2, 0) is 0 Å². The molecule has 0 radical (unpaired) electrons. The van der Waals surface area contributed by atoms with Crippen molar-refractivity contribution in [2.24, 2.45) is 0 Å². The van der Waals surface area contributed by atoms with Crippen LogP contribution in [0.2, 0.25) is 0 Å². The summed E-state index contributed by atoms with van der Waals surface area (Å²) in [6, 6.07) is 8.37. The van der Waals surface area contributed by atoms with Crippen LogP contribution in [0.4, 0.5) is 5.69 Å². The van der Waals surface area contributed by atoms with Crippen LogP contribution in [-0.4, -0.2) is 13.1 Å². The first kappa shape index (κ1) is 12.1. The summed E-state index contributed by atoms with van der Waals surface area (Å²) in [6.07, 6.45) is 0. The van der Waals surface area contributed by atoms with Crippen molar-refractivity contribution in [2.45, 2.75) is 20.8 Å². The zero-order valence-corrected chi connectivity index (χ0v) is 11.3. The molecule has 0 fully saturated rings. The second-order valence-electron chi connectivity index (χ2n) is 4.11. The summed E-state index contributed by atoms with van der Waals surface area (Å²) in [6.45, 7) is 8.27. The molecule has 17 heavy (non-hydrogen) atoms. The van der Waals surface area contributed by atoms with Crippen LogP contribution in [0.5, 0.6) is 0 Å². The van der Waals surface area contributed by atoms with Crippen LogP contribution in [0.25, 0.3) is 11.0 Å². The fourth-order valence-corrected chi connectivity index (χ4v) is 2.14. The Kier molecular flexibility index (Phi) is 3.48. The highest BCUT2D eigenvalue weighted by atomic mass is 32.1. The Morgan fingerprint density at radius 1 is 1.18 bits per heavy atom. The molecule has 0 aliphatic heterocycles. The van der Waals surface area contributed by atoms with Gasteiger partial charge in [-0.1, -0.05) is 0 Å². The lowest BCUT2D eigenvalue weighted by Gasteiger charge is -2.21. The third-order valence-electron chi connectivity index (χ3n) is 3.02. The van der Waals surface area contributed by atoms with E-state index < -0.39 is 0 Å². The predicted octanol–water partition coefficient (Wildman–Crippen LogP) is 4.32. The van der Waals surface area contributed by atoms with E-state index in [0.29, 0.717) is 4.71 Å². The lowest BCUT2D eigenvalue weighted by Crippen LogP contribution is -2.21. The van der Waals surface area contributed by atoms with Crippen molar-refractivity contribution in [3.05, 3.63) is 34.5 Å². The van der Waals surface area contributed by atoms with Gasteiger partial charge in [-0.15, -0.1) is 0 Å². The van der Waals surface area contributed by atoms with Crippen molar-refractivity contribution in [3.8, 4) is 0 Å². The van der Waals surface area contributed by atoms with Gasteiger partial charge in [0.1, 0.15) is 5.58 Å². The second-order valence-corrected chi connectivity index (χ2v) is 4.48. The van der Waals surface area contributed by atoms with Crippen LogP contribution < -0.4 is 4.90 Å². The maximum absolute atomic E-state index is 5.66. The Balaban J connectivity index is 2.57. The third-order valence-corrected chi connectivity index (χ3v) is 3.43. The van der Waals surface area contributed by atoms with Crippen molar-refractivity contribution in [2.75, 3.05) is 18.0 Å². The number of anilines is 1. The molecular formula is C14H17NOS. The van der Waals surface area contributed by atoms with Gasteiger partial charge < -0.3 is 9.32 Å². The molecule has 0 spiro atoms. The van der Waals surface area contributed by atoms with E-state index in [9.17, 15) is 0 Å². The number of nitrogens with zero attached hydrogens (tertiary/aromatic N) is 1. The molecule has 0 atom stereocenters. The normalized spacial score (nSPS) is 10.8. The number of fused-ring (bicyclic) bond motifs is 1. The summed E-state index contributed by atoms with van der Waals surface area (Å²) in [5.41, 5.74) is 3.07. The number of hydrogen-bond donors (Lipinski definition) is 0. The minimum atomic E-state index is 0.578. The van der Waals surface area contributed by atoms with Crippen LogP contribution >= 0.6 is 12.2 Å². The Hall–Kier alpha value is -1.35. The van der Waals surface area contributed by atoms with Gasteiger partial charge in [0.05, 0.1) is 0 Å². The van der Waals surface area contributed by atoms with Crippen molar-refractivity contribution < 1.29 is 4.42 Å².